The molecule has 1 aliphatic rings. The Balaban J connectivity index is 1.44. The number of urea groups is 1. The van der Waals surface area contributed by atoms with E-state index < -0.39 is 0 Å². The summed E-state index contributed by atoms with van der Waals surface area (Å²) in [6, 6.07) is 5.70. The molecule has 1 aromatic heterocycles. The molecule has 2 heterocycles. The van der Waals surface area contributed by atoms with Crippen LogP contribution in [0.25, 0.3) is 10.2 Å². The van der Waals surface area contributed by atoms with E-state index in [0.717, 1.165) is 60.2 Å². The highest BCUT2D eigenvalue weighted by atomic mass is 32.1. The minimum Gasteiger partial charge on any atom is -0.379 e. The summed E-state index contributed by atoms with van der Waals surface area (Å²) >= 11 is 1.69. The van der Waals surface area contributed by atoms with E-state index in [0.29, 0.717) is 12.5 Å². The summed E-state index contributed by atoms with van der Waals surface area (Å²) in [4.78, 5) is 19.0. The number of carbonyl (C=O) groups is 1. The van der Waals surface area contributed by atoms with E-state index in [9.17, 15) is 4.79 Å². The van der Waals surface area contributed by atoms with Crippen molar-refractivity contribution >= 4 is 33.3 Å². The standard InChI is InChI=1S/C18H26N4O2S/c1-13(2)17-21-15-5-4-14(12-16(15)25-17)20-18(23)19-6-3-7-22-8-10-24-11-9-22/h4-5,12-13H,3,6-11H2,1-2H3,(H2,19,20,23). The zero-order valence-corrected chi connectivity index (χ0v) is 15.7. The summed E-state index contributed by atoms with van der Waals surface area (Å²) in [5, 5.41) is 6.95. The normalized spacial score (nSPS) is 15.6. The molecule has 3 rings (SSSR count). The first-order chi connectivity index (χ1) is 12.1. The molecular formula is C18H26N4O2S. The number of anilines is 1. The number of fused-ring (bicyclic) bond motifs is 1. The fraction of sp³-hybridized carbons (Fsp3) is 0.556. The predicted molar refractivity (Wildman–Crippen MR) is 103 cm³/mol. The molecule has 1 fully saturated rings. The van der Waals surface area contributed by atoms with Crippen molar-refractivity contribution < 1.29 is 9.53 Å². The summed E-state index contributed by atoms with van der Waals surface area (Å²) in [7, 11) is 0. The maximum atomic E-state index is 12.0. The average Bonchev–Trinajstić information content (AvgIpc) is 3.03. The summed E-state index contributed by atoms with van der Waals surface area (Å²) in [6.45, 7) is 9.54. The van der Waals surface area contributed by atoms with Crippen LogP contribution in [0.1, 0.15) is 31.2 Å². The lowest BCUT2D eigenvalue weighted by atomic mass is 10.2. The Bertz CT molecular complexity index is 710. The smallest absolute Gasteiger partial charge is 0.319 e. The van der Waals surface area contributed by atoms with E-state index >= 15 is 0 Å². The monoisotopic (exact) mass is 362 g/mol. The first-order valence-corrected chi connectivity index (χ1v) is 9.69. The van der Waals surface area contributed by atoms with E-state index in [1.807, 2.05) is 18.2 Å². The molecule has 0 atom stereocenters. The van der Waals surface area contributed by atoms with Crippen molar-refractivity contribution in [2.24, 2.45) is 0 Å². The molecule has 2 aromatic rings. The number of rotatable bonds is 6. The molecule has 1 saturated heterocycles. The zero-order chi connectivity index (χ0) is 17.6. The van der Waals surface area contributed by atoms with Gasteiger partial charge in [0, 0.05) is 31.2 Å². The van der Waals surface area contributed by atoms with Crippen LogP contribution in [0, 0.1) is 0 Å². The third-order valence-corrected chi connectivity index (χ3v) is 5.52. The topological polar surface area (TPSA) is 66.5 Å². The third kappa shape index (κ3) is 5.14. The van der Waals surface area contributed by atoms with Crippen LogP contribution in [-0.4, -0.2) is 55.3 Å². The van der Waals surface area contributed by atoms with Gasteiger partial charge in [-0.15, -0.1) is 11.3 Å². The molecule has 2 amide bonds. The Labute approximate surface area is 152 Å². The van der Waals surface area contributed by atoms with Crippen molar-refractivity contribution in [3.8, 4) is 0 Å². The Morgan fingerprint density at radius 1 is 1.36 bits per heavy atom. The molecule has 25 heavy (non-hydrogen) atoms. The molecule has 0 aliphatic carbocycles. The number of aromatic nitrogens is 1. The lowest BCUT2D eigenvalue weighted by Crippen LogP contribution is -2.38. The fourth-order valence-electron chi connectivity index (χ4n) is 2.77. The number of morpholine rings is 1. The SMILES string of the molecule is CC(C)c1nc2ccc(NC(=O)NCCCN3CCOCC3)cc2s1. The average molecular weight is 362 g/mol. The maximum Gasteiger partial charge on any atom is 0.319 e. The minimum absolute atomic E-state index is 0.157. The number of thiazole rings is 1. The first kappa shape index (κ1) is 18.1. The number of nitrogens with one attached hydrogen (secondary N) is 2. The molecule has 136 valence electrons. The maximum absolute atomic E-state index is 12.0. The Morgan fingerprint density at radius 2 is 2.16 bits per heavy atom. The number of nitrogens with zero attached hydrogens (tertiary/aromatic N) is 2. The van der Waals surface area contributed by atoms with Gasteiger partial charge in [-0.2, -0.15) is 0 Å². The quantitative estimate of drug-likeness (QED) is 0.774. The highest BCUT2D eigenvalue weighted by molar-refractivity contribution is 7.18. The summed E-state index contributed by atoms with van der Waals surface area (Å²) < 4.78 is 6.44. The fourth-order valence-corrected chi connectivity index (χ4v) is 3.78. The van der Waals surface area contributed by atoms with Gasteiger partial charge >= 0.3 is 6.03 Å². The zero-order valence-electron chi connectivity index (χ0n) is 14.9. The first-order valence-electron chi connectivity index (χ1n) is 8.87. The number of hydrogen-bond acceptors (Lipinski definition) is 5. The van der Waals surface area contributed by atoms with Gasteiger partial charge in [0.25, 0.3) is 0 Å². The summed E-state index contributed by atoms with van der Waals surface area (Å²) in [6.07, 6.45) is 0.944. The minimum atomic E-state index is -0.157. The van der Waals surface area contributed by atoms with Gasteiger partial charge in [-0.05, 0) is 31.2 Å². The molecule has 1 aromatic carbocycles. The molecule has 2 N–H and O–H groups in total. The molecule has 0 saturated carbocycles. The van der Waals surface area contributed by atoms with Crippen molar-refractivity contribution in [2.75, 3.05) is 44.7 Å². The van der Waals surface area contributed by atoms with Crippen molar-refractivity contribution in [3.05, 3.63) is 23.2 Å². The van der Waals surface area contributed by atoms with Crippen LogP contribution in [0.15, 0.2) is 18.2 Å². The summed E-state index contributed by atoms with van der Waals surface area (Å²) in [5.41, 5.74) is 1.79. The second-order valence-electron chi connectivity index (χ2n) is 6.58. The number of amides is 2. The molecule has 1 aliphatic heterocycles. The lowest BCUT2D eigenvalue weighted by molar-refractivity contribution is 0.0375. The van der Waals surface area contributed by atoms with E-state index in [1.54, 1.807) is 11.3 Å². The number of benzene rings is 1. The second kappa shape index (κ2) is 8.60. The molecule has 7 heteroatoms. The van der Waals surface area contributed by atoms with Crippen molar-refractivity contribution in [1.82, 2.24) is 15.2 Å². The van der Waals surface area contributed by atoms with Crippen LogP contribution in [0.4, 0.5) is 10.5 Å². The lowest BCUT2D eigenvalue weighted by Gasteiger charge is -2.26. The van der Waals surface area contributed by atoms with Crippen molar-refractivity contribution in [1.29, 1.82) is 0 Å². The summed E-state index contributed by atoms with van der Waals surface area (Å²) in [5.74, 6) is 0.420. The van der Waals surface area contributed by atoms with Crippen molar-refractivity contribution in [3.63, 3.8) is 0 Å². The number of ether oxygens (including phenoxy) is 1. The predicted octanol–water partition coefficient (Wildman–Crippen LogP) is 3.26. The molecular weight excluding hydrogens is 336 g/mol. The van der Waals surface area contributed by atoms with Gasteiger partial charge in [-0.1, -0.05) is 13.8 Å². The third-order valence-electron chi connectivity index (χ3n) is 4.20. The molecule has 6 nitrogen and oxygen atoms in total. The van der Waals surface area contributed by atoms with Crippen LogP contribution in [0.3, 0.4) is 0 Å². The molecule has 0 radical (unpaired) electrons. The van der Waals surface area contributed by atoms with Gasteiger partial charge in [-0.25, -0.2) is 9.78 Å². The highest BCUT2D eigenvalue weighted by Crippen LogP contribution is 2.29. The molecule has 0 unspecified atom stereocenters. The largest absolute Gasteiger partial charge is 0.379 e. The van der Waals surface area contributed by atoms with Gasteiger partial charge in [-0.3, -0.25) is 4.90 Å². The van der Waals surface area contributed by atoms with Gasteiger partial charge < -0.3 is 15.4 Å². The number of hydrogen-bond donors (Lipinski definition) is 2. The van der Waals surface area contributed by atoms with Gasteiger partial charge in [0.1, 0.15) is 0 Å². The van der Waals surface area contributed by atoms with E-state index in [4.69, 9.17) is 4.74 Å². The molecule has 0 spiro atoms. The number of carbonyl (C=O) groups excluding carboxylic acids is 1. The second-order valence-corrected chi connectivity index (χ2v) is 7.64. The van der Waals surface area contributed by atoms with E-state index in [2.05, 4.69) is 34.4 Å². The van der Waals surface area contributed by atoms with Crippen LogP contribution in [-0.2, 0) is 4.74 Å². The van der Waals surface area contributed by atoms with E-state index in [1.165, 1.54) is 0 Å². The van der Waals surface area contributed by atoms with Crippen molar-refractivity contribution in [2.45, 2.75) is 26.2 Å². The van der Waals surface area contributed by atoms with Gasteiger partial charge in [0.05, 0.1) is 28.4 Å². The Kier molecular flexibility index (Phi) is 6.23. The Morgan fingerprint density at radius 3 is 2.92 bits per heavy atom. The van der Waals surface area contributed by atoms with Gasteiger partial charge in [0.15, 0.2) is 0 Å². The van der Waals surface area contributed by atoms with Gasteiger partial charge in [0.2, 0.25) is 0 Å². The van der Waals surface area contributed by atoms with Crippen LogP contribution in [0.5, 0.6) is 0 Å². The van der Waals surface area contributed by atoms with Crippen LogP contribution < -0.4 is 10.6 Å². The molecule has 0 bridgehead atoms. The van der Waals surface area contributed by atoms with Crippen LogP contribution in [0.2, 0.25) is 0 Å². The van der Waals surface area contributed by atoms with Crippen LogP contribution >= 0.6 is 11.3 Å². The highest BCUT2D eigenvalue weighted by Gasteiger charge is 2.11. The Hall–Kier alpha value is -1.70. The van der Waals surface area contributed by atoms with E-state index in [-0.39, 0.29) is 6.03 Å².